The molecule has 6 bridgehead atoms. The van der Waals surface area contributed by atoms with E-state index in [-0.39, 0.29) is 12.2 Å². The Labute approximate surface area is 193 Å². The van der Waals surface area contributed by atoms with Gasteiger partial charge in [-0.05, 0) is 33.4 Å². The van der Waals surface area contributed by atoms with Crippen molar-refractivity contribution in [3.8, 4) is 0 Å². The first kappa shape index (κ1) is 17.7. The summed E-state index contributed by atoms with van der Waals surface area (Å²) >= 11 is 0. The number of hydrogen-bond acceptors (Lipinski definition) is 3. The lowest BCUT2D eigenvalue weighted by Crippen LogP contribution is -2.50. The van der Waals surface area contributed by atoms with Crippen molar-refractivity contribution in [1.82, 2.24) is 0 Å². The van der Waals surface area contributed by atoms with Crippen LogP contribution in [0.2, 0.25) is 0 Å². The average Bonchev–Trinajstić information content (AvgIpc) is 3.69. The van der Waals surface area contributed by atoms with Crippen molar-refractivity contribution in [3.63, 3.8) is 0 Å². The van der Waals surface area contributed by atoms with Crippen LogP contribution in [0.1, 0.15) is 70.0 Å². The van der Waals surface area contributed by atoms with Crippen LogP contribution in [-0.4, -0.2) is 0 Å². The van der Waals surface area contributed by atoms with Crippen LogP contribution in [0.5, 0.6) is 0 Å². The standard InChI is InChI=1S/C20H16O2.C10H8O/c1-2-6-10-9(5-1)17-13-14(18(10)21-17)16-15(13)19-11-7-3-4-8-12(11)20(16)22-19;1-2-4-8-7(3-1)9-5-6-10(8)11-9/h1-8,13-20H;1-6,9-10H. The van der Waals surface area contributed by atoms with E-state index in [0.29, 0.717) is 48.1 Å². The monoisotopic (exact) mass is 432 g/mol. The second-order valence-electron chi connectivity index (χ2n) is 10.5. The zero-order valence-corrected chi connectivity index (χ0v) is 18.1. The van der Waals surface area contributed by atoms with Gasteiger partial charge in [-0.1, -0.05) is 84.9 Å². The number of rotatable bonds is 0. The molecule has 6 unspecified atom stereocenters. The van der Waals surface area contributed by atoms with Gasteiger partial charge in [-0.2, -0.15) is 0 Å². The molecule has 6 aliphatic heterocycles. The Kier molecular flexibility index (Phi) is 3.24. The topological polar surface area (TPSA) is 27.7 Å². The first-order chi connectivity index (χ1) is 16.4. The van der Waals surface area contributed by atoms with E-state index in [1.807, 2.05) is 0 Å². The normalized spacial score (nSPS) is 42.1. The van der Waals surface area contributed by atoms with Gasteiger partial charge in [-0.15, -0.1) is 0 Å². The lowest BCUT2D eigenvalue weighted by atomic mass is 9.47. The fraction of sp³-hybridized carbons (Fsp3) is 0.333. The van der Waals surface area contributed by atoms with Crippen molar-refractivity contribution < 1.29 is 14.2 Å². The van der Waals surface area contributed by atoms with E-state index in [2.05, 4.69) is 84.9 Å². The first-order valence-electron chi connectivity index (χ1n) is 12.3. The van der Waals surface area contributed by atoms with Crippen LogP contribution < -0.4 is 0 Å². The molecule has 7 aliphatic rings. The van der Waals surface area contributed by atoms with E-state index in [0.717, 1.165) is 0 Å². The molecule has 0 aromatic heterocycles. The highest BCUT2D eigenvalue weighted by Gasteiger charge is 2.74. The van der Waals surface area contributed by atoms with Gasteiger partial charge in [0.05, 0.1) is 24.4 Å². The minimum absolute atomic E-state index is 0.246. The molecule has 162 valence electrons. The maximum absolute atomic E-state index is 6.43. The van der Waals surface area contributed by atoms with Crippen LogP contribution in [0.4, 0.5) is 0 Å². The predicted molar refractivity (Wildman–Crippen MR) is 122 cm³/mol. The van der Waals surface area contributed by atoms with Gasteiger partial charge >= 0.3 is 0 Å². The highest BCUT2D eigenvalue weighted by atomic mass is 16.5. The minimum Gasteiger partial charge on any atom is -0.365 e. The van der Waals surface area contributed by atoms with Crippen molar-refractivity contribution in [2.45, 2.75) is 36.6 Å². The van der Waals surface area contributed by atoms with Crippen LogP contribution in [0.3, 0.4) is 0 Å². The summed E-state index contributed by atoms with van der Waals surface area (Å²) in [6.45, 7) is 0. The average molecular weight is 433 g/mol. The number of fused-ring (bicyclic) bond motifs is 23. The zero-order chi connectivity index (χ0) is 21.3. The van der Waals surface area contributed by atoms with Crippen molar-refractivity contribution in [3.05, 3.63) is 118 Å². The molecule has 6 heterocycles. The third-order valence-electron chi connectivity index (χ3n) is 9.34. The SMILES string of the molecule is C1=CC2OC1c1ccccc12.c1ccc2c(c1)C1OC2C2C1C1C3OC(c4ccccc43)C21. The molecule has 6 atom stereocenters. The number of hydrogen-bond donors (Lipinski definition) is 0. The van der Waals surface area contributed by atoms with Crippen molar-refractivity contribution in [2.75, 3.05) is 0 Å². The van der Waals surface area contributed by atoms with Crippen LogP contribution in [0, 0.1) is 23.7 Å². The van der Waals surface area contributed by atoms with Crippen molar-refractivity contribution >= 4 is 0 Å². The maximum Gasteiger partial charge on any atom is 0.102 e. The maximum atomic E-state index is 6.43. The van der Waals surface area contributed by atoms with Crippen molar-refractivity contribution in [1.29, 1.82) is 0 Å². The van der Waals surface area contributed by atoms with Gasteiger partial charge in [-0.3, -0.25) is 0 Å². The Morgan fingerprint density at radius 3 is 1.00 bits per heavy atom. The van der Waals surface area contributed by atoms with Crippen LogP contribution in [0.15, 0.2) is 84.9 Å². The lowest BCUT2D eigenvalue weighted by Gasteiger charge is -2.53. The van der Waals surface area contributed by atoms with E-state index < -0.39 is 0 Å². The molecule has 0 N–H and O–H groups in total. The number of benzene rings is 3. The summed E-state index contributed by atoms with van der Waals surface area (Å²) in [5.74, 6) is 2.70. The van der Waals surface area contributed by atoms with Gasteiger partial charge < -0.3 is 14.2 Å². The molecule has 3 heteroatoms. The molecule has 10 rings (SSSR count). The second kappa shape index (κ2) is 6.04. The van der Waals surface area contributed by atoms with Crippen molar-refractivity contribution in [2.24, 2.45) is 23.7 Å². The highest BCUT2D eigenvalue weighted by molar-refractivity contribution is 5.47. The highest BCUT2D eigenvalue weighted by Crippen LogP contribution is 2.79. The fourth-order valence-electron chi connectivity index (χ4n) is 8.19. The largest absolute Gasteiger partial charge is 0.365 e. The van der Waals surface area contributed by atoms with Gasteiger partial charge in [0.25, 0.3) is 0 Å². The Morgan fingerprint density at radius 2 is 0.667 bits per heavy atom. The van der Waals surface area contributed by atoms with Gasteiger partial charge in [0.15, 0.2) is 0 Å². The summed E-state index contributed by atoms with van der Waals surface area (Å²) in [4.78, 5) is 0. The van der Waals surface area contributed by atoms with Gasteiger partial charge in [0, 0.05) is 23.7 Å². The van der Waals surface area contributed by atoms with E-state index in [1.54, 1.807) is 0 Å². The molecule has 3 nitrogen and oxygen atoms in total. The Morgan fingerprint density at radius 1 is 0.364 bits per heavy atom. The fourth-order valence-corrected chi connectivity index (χ4v) is 8.19. The molecule has 0 radical (unpaired) electrons. The minimum atomic E-state index is 0.246. The molecular weight excluding hydrogens is 408 g/mol. The van der Waals surface area contributed by atoms with Crippen LogP contribution in [0.25, 0.3) is 0 Å². The molecule has 33 heavy (non-hydrogen) atoms. The Balaban J connectivity index is 0.000000129. The summed E-state index contributed by atoms with van der Waals surface area (Å²) in [6.07, 6.45) is 6.04. The molecule has 1 saturated carbocycles. The van der Waals surface area contributed by atoms with E-state index >= 15 is 0 Å². The summed E-state index contributed by atoms with van der Waals surface area (Å²) in [5.41, 5.74) is 8.48. The van der Waals surface area contributed by atoms with E-state index in [4.69, 9.17) is 14.2 Å². The summed E-state index contributed by atoms with van der Waals surface area (Å²) in [6, 6.07) is 26.1. The molecule has 3 aromatic rings. The molecule has 3 fully saturated rings. The summed E-state index contributed by atoms with van der Waals surface area (Å²) in [5, 5.41) is 0. The smallest absolute Gasteiger partial charge is 0.102 e. The van der Waals surface area contributed by atoms with E-state index in [9.17, 15) is 0 Å². The van der Waals surface area contributed by atoms with Gasteiger partial charge in [0.1, 0.15) is 12.2 Å². The number of ether oxygens (including phenoxy) is 3. The molecule has 0 amide bonds. The van der Waals surface area contributed by atoms with Gasteiger partial charge in [0.2, 0.25) is 0 Å². The molecule has 3 aromatic carbocycles. The third-order valence-corrected chi connectivity index (χ3v) is 9.34. The molecule has 0 spiro atoms. The van der Waals surface area contributed by atoms with E-state index in [1.165, 1.54) is 33.4 Å². The molecule has 1 aliphatic carbocycles. The quantitative estimate of drug-likeness (QED) is 0.300. The summed E-state index contributed by atoms with van der Waals surface area (Å²) in [7, 11) is 0. The first-order valence-corrected chi connectivity index (χ1v) is 12.3. The van der Waals surface area contributed by atoms with Crippen LogP contribution >= 0.6 is 0 Å². The third kappa shape index (κ3) is 2.04. The summed E-state index contributed by atoms with van der Waals surface area (Å²) < 4.78 is 18.5. The lowest BCUT2D eigenvalue weighted by molar-refractivity contribution is -0.0194. The van der Waals surface area contributed by atoms with Gasteiger partial charge in [-0.25, -0.2) is 0 Å². The molecular formula is C30H24O3. The Hall–Kier alpha value is -2.72. The van der Waals surface area contributed by atoms with Crippen LogP contribution in [-0.2, 0) is 14.2 Å². The molecule has 2 saturated heterocycles. The second-order valence-corrected chi connectivity index (χ2v) is 10.5. The Bertz CT molecular complexity index is 1170. The zero-order valence-electron chi connectivity index (χ0n) is 18.1. The predicted octanol–water partition coefficient (Wildman–Crippen LogP) is 6.49.